The van der Waals surface area contributed by atoms with Crippen LogP contribution < -0.4 is 0 Å². The molecule has 5 nitrogen and oxygen atoms in total. The number of hydrogen-bond donors (Lipinski definition) is 0. The van der Waals surface area contributed by atoms with E-state index in [0.29, 0.717) is 24.0 Å². The minimum Gasteiger partial charge on any atom is -0.461 e. The Morgan fingerprint density at radius 2 is 2.33 bits per heavy atom. The Kier molecular flexibility index (Phi) is 2.54. The van der Waals surface area contributed by atoms with Gasteiger partial charge in [0.2, 0.25) is 5.78 Å². The van der Waals surface area contributed by atoms with Crippen molar-refractivity contribution in [1.29, 1.82) is 0 Å². The quantitative estimate of drug-likeness (QED) is 0.777. The number of imidazole rings is 1. The number of esters is 1. The van der Waals surface area contributed by atoms with Crippen LogP contribution in [0.2, 0.25) is 0 Å². The molecule has 1 aliphatic rings. The Labute approximate surface area is 105 Å². The summed E-state index contributed by atoms with van der Waals surface area (Å²) in [7, 11) is 0. The molecule has 1 fully saturated rings. The molecule has 0 bridgehead atoms. The maximum Gasteiger partial charge on any atom is 0.357 e. The normalized spacial score (nSPS) is 15.0. The topological polar surface area (TPSA) is 56.5 Å². The van der Waals surface area contributed by atoms with Crippen molar-refractivity contribution in [1.82, 2.24) is 14.4 Å². The summed E-state index contributed by atoms with van der Waals surface area (Å²) in [5.74, 6) is 0.663. The van der Waals surface area contributed by atoms with Gasteiger partial charge in [0.25, 0.3) is 0 Å². The zero-order valence-electron chi connectivity index (χ0n) is 10.5. The van der Waals surface area contributed by atoms with E-state index in [1.807, 2.05) is 13.1 Å². The number of aromatic nitrogens is 3. The van der Waals surface area contributed by atoms with Crippen molar-refractivity contribution in [3.63, 3.8) is 0 Å². The fourth-order valence-electron chi connectivity index (χ4n) is 2.09. The zero-order valence-corrected chi connectivity index (χ0v) is 10.5. The largest absolute Gasteiger partial charge is 0.461 e. The van der Waals surface area contributed by atoms with Crippen LogP contribution >= 0.6 is 0 Å². The molecule has 2 heterocycles. The minimum atomic E-state index is -0.306. The van der Waals surface area contributed by atoms with Gasteiger partial charge in [0.1, 0.15) is 0 Å². The fraction of sp³-hybridized carbons (Fsp3) is 0.462. The molecule has 0 unspecified atom stereocenters. The first-order valence-electron chi connectivity index (χ1n) is 6.22. The van der Waals surface area contributed by atoms with Crippen LogP contribution in [0.15, 0.2) is 12.4 Å². The maximum atomic E-state index is 12.1. The van der Waals surface area contributed by atoms with E-state index in [9.17, 15) is 4.79 Å². The Bertz CT molecular complexity index is 614. The second-order valence-electron chi connectivity index (χ2n) is 4.64. The van der Waals surface area contributed by atoms with Crippen LogP contribution in [0.3, 0.4) is 0 Å². The summed E-state index contributed by atoms with van der Waals surface area (Å²) in [6, 6.07) is 0. The predicted molar refractivity (Wildman–Crippen MR) is 65.7 cm³/mol. The molecule has 3 rings (SSSR count). The van der Waals surface area contributed by atoms with Crippen LogP contribution in [0.1, 0.15) is 47.4 Å². The average Bonchev–Trinajstić information content (AvgIpc) is 3.11. The molecule has 18 heavy (non-hydrogen) atoms. The molecule has 94 valence electrons. The number of hydrogen-bond acceptors (Lipinski definition) is 4. The van der Waals surface area contributed by atoms with E-state index in [-0.39, 0.29) is 5.97 Å². The first-order chi connectivity index (χ1) is 8.70. The summed E-state index contributed by atoms with van der Waals surface area (Å²) in [5.41, 5.74) is 2.38. The Hall–Kier alpha value is -1.91. The molecule has 0 radical (unpaired) electrons. The highest BCUT2D eigenvalue weighted by Gasteiger charge is 2.33. The Morgan fingerprint density at radius 1 is 1.56 bits per heavy atom. The van der Waals surface area contributed by atoms with Crippen molar-refractivity contribution in [2.24, 2.45) is 0 Å². The molecule has 0 aromatic carbocycles. The van der Waals surface area contributed by atoms with Crippen LogP contribution in [-0.2, 0) is 4.74 Å². The lowest BCUT2D eigenvalue weighted by Gasteiger charge is -2.04. The first-order valence-corrected chi connectivity index (χ1v) is 6.22. The molecule has 0 aliphatic heterocycles. The second-order valence-corrected chi connectivity index (χ2v) is 4.64. The molecule has 1 aliphatic carbocycles. The summed E-state index contributed by atoms with van der Waals surface area (Å²) in [6.07, 6.45) is 5.83. The third-order valence-corrected chi connectivity index (χ3v) is 3.07. The number of carbonyl (C=O) groups is 1. The zero-order chi connectivity index (χ0) is 12.7. The third kappa shape index (κ3) is 1.75. The van der Waals surface area contributed by atoms with Crippen LogP contribution in [0.5, 0.6) is 0 Å². The van der Waals surface area contributed by atoms with E-state index in [1.54, 1.807) is 17.5 Å². The Morgan fingerprint density at radius 3 is 3.00 bits per heavy atom. The summed E-state index contributed by atoms with van der Waals surface area (Å²) in [4.78, 5) is 20.8. The maximum absolute atomic E-state index is 12.1. The van der Waals surface area contributed by atoms with E-state index in [0.717, 1.165) is 24.1 Å². The van der Waals surface area contributed by atoms with Gasteiger partial charge in [-0.2, -0.15) is 0 Å². The second kappa shape index (κ2) is 4.08. The predicted octanol–water partition coefficient (Wildman–Crippen LogP) is 2.09. The molecular formula is C13H15N3O2. The summed E-state index contributed by atoms with van der Waals surface area (Å²) < 4.78 is 6.88. The van der Waals surface area contributed by atoms with E-state index in [1.165, 1.54) is 0 Å². The molecule has 0 spiro atoms. The first kappa shape index (κ1) is 11.2. The van der Waals surface area contributed by atoms with Crippen molar-refractivity contribution in [2.45, 2.75) is 32.6 Å². The lowest BCUT2D eigenvalue weighted by molar-refractivity contribution is 0.0516. The van der Waals surface area contributed by atoms with Gasteiger partial charge in [-0.15, -0.1) is 0 Å². The van der Waals surface area contributed by atoms with E-state index < -0.39 is 0 Å². The standard InChI is InChI=1S/C13H15N3O2/c1-3-18-12(17)11-10(9-4-5-9)15-13-14-6-8(2)7-16(11)13/h6-7,9H,3-5H2,1-2H3. The van der Waals surface area contributed by atoms with Gasteiger partial charge < -0.3 is 4.74 Å². The van der Waals surface area contributed by atoms with Gasteiger partial charge in [-0.3, -0.25) is 4.40 Å². The molecule has 0 amide bonds. The van der Waals surface area contributed by atoms with Crippen molar-refractivity contribution in [3.05, 3.63) is 29.3 Å². The number of aryl methyl sites for hydroxylation is 1. The summed E-state index contributed by atoms with van der Waals surface area (Å²) >= 11 is 0. The highest BCUT2D eigenvalue weighted by molar-refractivity contribution is 5.90. The molecule has 0 saturated heterocycles. The number of rotatable bonds is 3. The summed E-state index contributed by atoms with van der Waals surface area (Å²) in [6.45, 7) is 4.12. The molecule has 2 aromatic heterocycles. The number of nitrogens with zero attached hydrogens (tertiary/aromatic N) is 3. The van der Waals surface area contributed by atoms with Gasteiger partial charge in [0, 0.05) is 18.3 Å². The number of fused-ring (bicyclic) bond motifs is 1. The van der Waals surface area contributed by atoms with Crippen LogP contribution in [0, 0.1) is 6.92 Å². The molecule has 5 heteroatoms. The van der Waals surface area contributed by atoms with Crippen molar-refractivity contribution < 1.29 is 9.53 Å². The van der Waals surface area contributed by atoms with E-state index in [4.69, 9.17) is 4.74 Å². The van der Waals surface area contributed by atoms with Gasteiger partial charge in [-0.05, 0) is 32.3 Å². The highest BCUT2D eigenvalue weighted by Crippen LogP contribution is 2.41. The van der Waals surface area contributed by atoms with Crippen molar-refractivity contribution >= 4 is 11.7 Å². The average molecular weight is 245 g/mol. The van der Waals surface area contributed by atoms with E-state index >= 15 is 0 Å². The van der Waals surface area contributed by atoms with Crippen LogP contribution in [-0.4, -0.2) is 26.9 Å². The molecular weight excluding hydrogens is 230 g/mol. The van der Waals surface area contributed by atoms with Gasteiger partial charge in [0.05, 0.1) is 12.3 Å². The van der Waals surface area contributed by atoms with Crippen molar-refractivity contribution in [2.75, 3.05) is 6.61 Å². The monoisotopic (exact) mass is 245 g/mol. The molecule has 2 aromatic rings. The SMILES string of the molecule is CCOC(=O)c1c(C2CC2)nc2ncc(C)cn12. The number of ether oxygens (including phenoxy) is 1. The smallest absolute Gasteiger partial charge is 0.357 e. The van der Waals surface area contributed by atoms with Gasteiger partial charge in [-0.25, -0.2) is 14.8 Å². The van der Waals surface area contributed by atoms with Crippen LogP contribution in [0.25, 0.3) is 5.78 Å². The third-order valence-electron chi connectivity index (χ3n) is 3.07. The van der Waals surface area contributed by atoms with Gasteiger partial charge >= 0.3 is 5.97 Å². The van der Waals surface area contributed by atoms with E-state index in [2.05, 4.69) is 9.97 Å². The lowest BCUT2D eigenvalue weighted by atomic mass is 10.2. The van der Waals surface area contributed by atoms with Crippen molar-refractivity contribution in [3.8, 4) is 0 Å². The van der Waals surface area contributed by atoms with Crippen LogP contribution in [0.4, 0.5) is 0 Å². The molecule has 1 saturated carbocycles. The fourth-order valence-corrected chi connectivity index (χ4v) is 2.09. The molecule has 0 atom stereocenters. The Balaban J connectivity index is 2.19. The van der Waals surface area contributed by atoms with Gasteiger partial charge in [-0.1, -0.05) is 0 Å². The number of carbonyl (C=O) groups excluding carboxylic acids is 1. The van der Waals surface area contributed by atoms with Gasteiger partial charge in [0.15, 0.2) is 5.69 Å². The molecule has 0 N–H and O–H groups in total. The lowest BCUT2D eigenvalue weighted by Crippen LogP contribution is -2.10. The highest BCUT2D eigenvalue weighted by atomic mass is 16.5. The summed E-state index contributed by atoms with van der Waals surface area (Å²) in [5, 5.41) is 0. The minimum absolute atomic E-state index is 0.306.